The number of hydrogen-bond acceptors (Lipinski definition) is 6. The van der Waals surface area contributed by atoms with Crippen molar-refractivity contribution in [2.75, 3.05) is 17.2 Å². The molecule has 0 bridgehead atoms. The number of nitrogens with one attached hydrogen (secondary N) is 2. The van der Waals surface area contributed by atoms with E-state index in [1.54, 1.807) is 17.8 Å². The van der Waals surface area contributed by atoms with E-state index in [0.29, 0.717) is 25.1 Å². The first kappa shape index (κ1) is 20.4. The Labute approximate surface area is 171 Å². The maximum absolute atomic E-state index is 13.2. The van der Waals surface area contributed by atoms with Crippen molar-refractivity contribution in [2.45, 2.75) is 57.7 Å². The largest absolute Gasteiger partial charge is 0.421 e. The Morgan fingerprint density at radius 2 is 2.10 bits per heavy atom. The Hall–Kier alpha value is -2.85. The topological polar surface area (TPSA) is 111 Å². The van der Waals surface area contributed by atoms with Gasteiger partial charge in [0.25, 0.3) is 0 Å². The summed E-state index contributed by atoms with van der Waals surface area (Å²) in [5.74, 6) is -0.286. The van der Waals surface area contributed by atoms with Crippen LogP contribution in [0.25, 0.3) is 0 Å². The van der Waals surface area contributed by atoms with Crippen LogP contribution in [0.15, 0.2) is 12.4 Å². The summed E-state index contributed by atoms with van der Waals surface area (Å²) >= 11 is 0. The van der Waals surface area contributed by atoms with E-state index >= 15 is 0 Å². The van der Waals surface area contributed by atoms with Crippen LogP contribution in [0.4, 0.5) is 30.6 Å². The average Bonchev–Trinajstić information content (AvgIpc) is 3.59. The van der Waals surface area contributed by atoms with Crippen LogP contribution in [-0.4, -0.2) is 32.2 Å². The van der Waals surface area contributed by atoms with E-state index in [2.05, 4.69) is 25.7 Å². The summed E-state index contributed by atoms with van der Waals surface area (Å²) < 4.78 is 41.3. The number of rotatable bonds is 8. The number of amides is 1. The highest BCUT2D eigenvalue weighted by molar-refractivity contribution is 5.84. The highest BCUT2D eigenvalue weighted by Crippen LogP contribution is 2.59. The average molecular weight is 423 g/mol. The molecule has 2 heterocycles. The molecule has 2 atom stereocenters. The molecule has 2 aromatic rings. The monoisotopic (exact) mass is 423 g/mol. The summed E-state index contributed by atoms with van der Waals surface area (Å²) in [7, 11) is 0. The van der Waals surface area contributed by atoms with Crippen LogP contribution in [-0.2, 0) is 11.0 Å². The van der Waals surface area contributed by atoms with Crippen LogP contribution in [0.5, 0.6) is 0 Å². The lowest BCUT2D eigenvalue weighted by molar-refractivity contribution is -0.137. The van der Waals surface area contributed by atoms with Gasteiger partial charge in [0, 0.05) is 24.9 Å². The quantitative estimate of drug-likeness (QED) is 0.599. The zero-order chi connectivity index (χ0) is 21.7. The summed E-state index contributed by atoms with van der Waals surface area (Å²) in [6, 6.07) is -0.112. The highest BCUT2D eigenvalue weighted by atomic mass is 19.4. The Morgan fingerprint density at radius 1 is 1.37 bits per heavy atom. The van der Waals surface area contributed by atoms with Gasteiger partial charge >= 0.3 is 6.18 Å². The van der Waals surface area contributed by atoms with Gasteiger partial charge in [-0.25, -0.2) is 4.98 Å². The Kier molecular flexibility index (Phi) is 4.86. The first-order valence-electron chi connectivity index (χ1n) is 10.0. The molecular formula is C19H24F3N7O. The van der Waals surface area contributed by atoms with E-state index in [0.717, 1.165) is 24.7 Å². The number of primary amides is 1. The van der Waals surface area contributed by atoms with Crippen LogP contribution < -0.4 is 16.4 Å². The first-order valence-corrected chi connectivity index (χ1v) is 10.0. The van der Waals surface area contributed by atoms with E-state index in [-0.39, 0.29) is 29.6 Å². The number of aromatic nitrogens is 4. The zero-order valence-corrected chi connectivity index (χ0v) is 16.8. The Balaban J connectivity index is 1.63. The maximum Gasteiger partial charge on any atom is 0.421 e. The van der Waals surface area contributed by atoms with E-state index in [1.165, 1.54) is 0 Å². The van der Waals surface area contributed by atoms with Crippen molar-refractivity contribution in [3.8, 4) is 0 Å². The van der Waals surface area contributed by atoms with Gasteiger partial charge in [-0.3, -0.25) is 9.48 Å². The van der Waals surface area contributed by atoms with E-state index < -0.39 is 17.2 Å². The van der Waals surface area contributed by atoms with Gasteiger partial charge in [0.1, 0.15) is 11.4 Å². The van der Waals surface area contributed by atoms with Crippen LogP contribution in [0.2, 0.25) is 0 Å². The van der Waals surface area contributed by atoms with Gasteiger partial charge in [0.2, 0.25) is 11.9 Å². The fraction of sp³-hybridized carbons (Fsp3) is 0.579. The standard InChI is InChI=1S/C19H24F3N7O/c1-3-18(16(23)30)7-13(18)29-9-12(14(28-29)10-5-6-10)26-17-25-8-11(19(20,21)22)15(27-17)24-4-2/h8-10,13H,3-7H2,1-2H3,(H2,23,30)(H2,24,25,26,27)/t13-,18?/m1/s1. The van der Waals surface area contributed by atoms with Crippen molar-refractivity contribution in [1.82, 2.24) is 19.7 Å². The number of halogens is 3. The number of nitrogens with zero attached hydrogens (tertiary/aromatic N) is 4. The number of hydrogen-bond donors (Lipinski definition) is 3. The van der Waals surface area contributed by atoms with Crippen molar-refractivity contribution in [1.29, 1.82) is 0 Å². The van der Waals surface area contributed by atoms with Crippen molar-refractivity contribution < 1.29 is 18.0 Å². The van der Waals surface area contributed by atoms with Gasteiger partial charge in [-0.1, -0.05) is 6.92 Å². The molecule has 1 amide bonds. The summed E-state index contributed by atoms with van der Waals surface area (Å²) in [5.41, 5.74) is 5.53. The molecule has 1 unspecified atom stereocenters. The van der Waals surface area contributed by atoms with Crippen molar-refractivity contribution in [2.24, 2.45) is 11.1 Å². The van der Waals surface area contributed by atoms with Gasteiger partial charge in [-0.2, -0.15) is 23.3 Å². The first-order chi connectivity index (χ1) is 14.2. The molecule has 4 rings (SSSR count). The molecule has 4 N–H and O–H groups in total. The Bertz CT molecular complexity index is 970. The molecule has 8 nitrogen and oxygen atoms in total. The molecule has 2 aliphatic rings. The van der Waals surface area contributed by atoms with Crippen LogP contribution in [0.1, 0.15) is 62.7 Å². The molecule has 0 radical (unpaired) electrons. The summed E-state index contributed by atoms with van der Waals surface area (Å²) in [6.45, 7) is 3.91. The third-order valence-corrected chi connectivity index (χ3v) is 5.89. The molecule has 11 heteroatoms. The lowest BCUT2D eigenvalue weighted by Crippen LogP contribution is -2.26. The van der Waals surface area contributed by atoms with Gasteiger partial charge < -0.3 is 16.4 Å². The van der Waals surface area contributed by atoms with Crippen LogP contribution in [0, 0.1) is 5.41 Å². The summed E-state index contributed by atoms with van der Waals surface area (Å²) in [4.78, 5) is 19.8. The molecule has 0 aromatic carbocycles. The van der Waals surface area contributed by atoms with E-state index in [9.17, 15) is 18.0 Å². The molecule has 2 fully saturated rings. The smallest absolute Gasteiger partial charge is 0.370 e. The molecule has 0 aliphatic heterocycles. The van der Waals surface area contributed by atoms with Crippen LogP contribution >= 0.6 is 0 Å². The molecule has 162 valence electrons. The van der Waals surface area contributed by atoms with Gasteiger partial charge in [0.15, 0.2) is 0 Å². The number of anilines is 3. The molecular weight excluding hydrogens is 399 g/mol. The minimum absolute atomic E-state index is 0.0489. The number of carbonyl (C=O) groups excluding carboxylic acids is 1. The second kappa shape index (κ2) is 7.13. The SMILES string of the molecule is CCNc1nc(Nc2cn([C@@H]3CC3(CC)C(N)=O)nc2C2CC2)ncc1C(F)(F)F. The predicted octanol–water partition coefficient (Wildman–Crippen LogP) is 3.57. The molecule has 2 aliphatic carbocycles. The highest BCUT2D eigenvalue weighted by Gasteiger charge is 2.59. The van der Waals surface area contributed by atoms with Crippen molar-refractivity contribution in [3.63, 3.8) is 0 Å². The van der Waals surface area contributed by atoms with Crippen LogP contribution in [0.3, 0.4) is 0 Å². The molecule has 0 spiro atoms. The summed E-state index contributed by atoms with van der Waals surface area (Å²) in [5, 5.41) is 10.3. The van der Waals surface area contributed by atoms with E-state index in [4.69, 9.17) is 5.73 Å². The third-order valence-electron chi connectivity index (χ3n) is 5.89. The van der Waals surface area contributed by atoms with Gasteiger partial charge in [-0.15, -0.1) is 0 Å². The minimum atomic E-state index is -4.55. The zero-order valence-electron chi connectivity index (χ0n) is 16.8. The van der Waals surface area contributed by atoms with Gasteiger partial charge in [-0.05, 0) is 32.6 Å². The van der Waals surface area contributed by atoms with E-state index in [1.807, 2.05) is 6.92 Å². The molecule has 2 saturated carbocycles. The second-order valence-corrected chi connectivity index (χ2v) is 7.89. The molecule has 30 heavy (non-hydrogen) atoms. The fourth-order valence-electron chi connectivity index (χ4n) is 3.84. The lowest BCUT2D eigenvalue weighted by atomic mass is 10.0. The number of alkyl halides is 3. The normalized spacial score (nSPS) is 23.3. The fourth-order valence-corrected chi connectivity index (χ4v) is 3.84. The third kappa shape index (κ3) is 3.56. The van der Waals surface area contributed by atoms with Crippen molar-refractivity contribution in [3.05, 3.63) is 23.7 Å². The minimum Gasteiger partial charge on any atom is -0.370 e. The van der Waals surface area contributed by atoms with Gasteiger partial charge in [0.05, 0.1) is 22.8 Å². The number of carbonyl (C=O) groups is 1. The maximum atomic E-state index is 13.2. The second-order valence-electron chi connectivity index (χ2n) is 7.89. The summed E-state index contributed by atoms with van der Waals surface area (Å²) in [6.07, 6.45) is 1.22. The molecule has 2 aromatic heterocycles. The Morgan fingerprint density at radius 3 is 2.63 bits per heavy atom. The van der Waals surface area contributed by atoms with Crippen molar-refractivity contribution >= 4 is 23.4 Å². The number of nitrogens with two attached hydrogens (primary N) is 1. The predicted molar refractivity (Wildman–Crippen MR) is 104 cm³/mol. The lowest BCUT2D eigenvalue weighted by Gasteiger charge is -2.13. The molecule has 0 saturated heterocycles.